The van der Waals surface area contributed by atoms with Crippen molar-refractivity contribution in [1.82, 2.24) is 18.3 Å². The van der Waals surface area contributed by atoms with Gasteiger partial charge in [-0.1, -0.05) is 147 Å². The topological polar surface area (TPSA) is 261 Å². The van der Waals surface area contributed by atoms with Crippen molar-refractivity contribution in [3.05, 3.63) is 251 Å². The van der Waals surface area contributed by atoms with Crippen LogP contribution in [0.15, 0.2) is 195 Å². The highest BCUT2D eigenvalue weighted by molar-refractivity contribution is 5.95. The van der Waals surface area contributed by atoms with E-state index in [1.807, 2.05) is 142 Å². The maximum Gasteiger partial charge on any atom is 0.419 e. The molecule has 0 radical (unpaired) electrons. The normalized spacial score (nSPS) is 11.9. The van der Waals surface area contributed by atoms with Gasteiger partial charge < -0.3 is 43.4 Å². The monoisotopic (exact) mass is 1440 g/mol. The van der Waals surface area contributed by atoms with Crippen LogP contribution in [-0.4, -0.2) is 93.5 Å². The third kappa shape index (κ3) is 21.4. The summed E-state index contributed by atoms with van der Waals surface area (Å²) in [5.41, 5.74) is 4.19. The Morgan fingerprint density at radius 1 is 0.400 bits per heavy atom. The number of hydrogen-bond acceptors (Lipinski definition) is 16. The van der Waals surface area contributed by atoms with E-state index < -0.39 is 88.3 Å². The fourth-order valence-electron chi connectivity index (χ4n) is 10.7. The number of para-hydroxylation sites is 4. The number of benzene rings is 7. The van der Waals surface area contributed by atoms with Crippen molar-refractivity contribution in [2.45, 2.75) is 151 Å². The number of ether oxygens (including phenoxy) is 7. The number of halogens is 3. The van der Waals surface area contributed by atoms with E-state index in [2.05, 4.69) is 0 Å². The Labute approximate surface area is 604 Å². The number of aliphatic hydroxyl groups excluding tert-OH is 1. The van der Waals surface area contributed by atoms with Crippen molar-refractivity contribution in [2.75, 3.05) is 0 Å². The van der Waals surface area contributed by atoms with Gasteiger partial charge in [-0.05, 0) is 104 Å². The molecule has 11 aromatic rings. The van der Waals surface area contributed by atoms with Gasteiger partial charge in [0.1, 0.15) is 48.5 Å². The standard InChI is InChI=1S/C23H25NO4.C20H18F3NO3.C20H19NO4.C18H21NO6/c1-5-20(25)27-21(16-11-7-6-8-12-16)18-15-24(22(26)28-23(2,3)4)19-14-10-9-13-17(18)19;1-20(2,3)27-19(26)24-10-13(11-6-4-5-7-17(11)24)18(25)12-8-15(22)16(23)9-14(12)21;1-2-19(22)24-14-16-12-21(18-11-7-6-10-17(16)18)20(23)25-13-15-8-4-3-5-9-15;1-18(2,3)25-17(23)19-10-12(13-6-4-5-7-14(13)19)11-24-16(22)9-8-15(20)21/h6-15,21H,5H2,1-4H3;4-10,18,25H,1-3H3;3-12H,2,13-14H2,1H3;4-7,10H,8-9,11H2,1-3H3,(H,20,21). The first-order valence-electron chi connectivity index (χ1n) is 33.6. The molecule has 0 aliphatic heterocycles. The average molecular weight is 1440 g/mol. The molecular weight excluding hydrogens is 1360 g/mol. The lowest BCUT2D eigenvalue weighted by Gasteiger charge is -2.20. The van der Waals surface area contributed by atoms with Gasteiger partial charge in [0.05, 0.1) is 34.9 Å². The van der Waals surface area contributed by atoms with Crippen LogP contribution >= 0.6 is 0 Å². The number of hydrogen-bond donors (Lipinski definition) is 2. The van der Waals surface area contributed by atoms with Gasteiger partial charge in [-0.3, -0.25) is 37.4 Å². The van der Waals surface area contributed by atoms with Crippen molar-refractivity contribution in [3.8, 4) is 0 Å². The van der Waals surface area contributed by atoms with Crippen LogP contribution in [0, 0.1) is 17.5 Å². The Morgan fingerprint density at radius 2 is 0.781 bits per heavy atom. The molecular formula is C81H83F3N4O17. The molecule has 0 amide bonds. The third-order valence-corrected chi connectivity index (χ3v) is 15.4. The minimum Gasteiger partial charge on any atom is -0.481 e. The maximum atomic E-state index is 14.1. The molecule has 11 rings (SSSR count). The Bertz CT molecular complexity index is 4920. The Hall–Kier alpha value is -11.8. The molecule has 7 aromatic carbocycles. The number of carboxylic acid groups (broad SMARTS) is 1. The largest absolute Gasteiger partial charge is 0.481 e. The van der Waals surface area contributed by atoms with Gasteiger partial charge in [-0.15, -0.1) is 0 Å². The van der Waals surface area contributed by atoms with Gasteiger partial charge in [-0.2, -0.15) is 0 Å². The molecule has 21 nitrogen and oxygen atoms in total. The highest BCUT2D eigenvalue weighted by Gasteiger charge is 2.30. The quantitative estimate of drug-likeness (QED) is 0.0517. The third-order valence-electron chi connectivity index (χ3n) is 15.4. The first kappa shape index (κ1) is 78.9. The van der Waals surface area contributed by atoms with Gasteiger partial charge in [-0.25, -0.2) is 32.3 Å². The minimum atomic E-state index is -1.60. The van der Waals surface area contributed by atoms with E-state index in [0.717, 1.165) is 43.9 Å². The second-order valence-electron chi connectivity index (χ2n) is 26.9. The summed E-state index contributed by atoms with van der Waals surface area (Å²) in [6.07, 6.45) is 2.03. The van der Waals surface area contributed by atoms with Crippen LogP contribution in [0.2, 0.25) is 0 Å². The smallest absolute Gasteiger partial charge is 0.419 e. The van der Waals surface area contributed by atoms with Crippen LogP contribution in [0.25, 0.3) is 43.6 Å². The molecule has 0 aliphatic rings. The van der Waals surface area contributed by atoms with Crippen molar-refractivity contribution in [1.29, 1.82) is 0 Å². The van der Waals surface area contributed by atoms with Crippen molar-refractivity contribution in [2.24, 2.45) is 0 Å². The number of esters is 3. The van der Waals surface area contributed by atoms with Crippen LogP contribution < -0.4 is 0 Å². The highest BCUT2D eigenvalue weighted by Crippen LogP contribution is 2.36. The van der Waals surface area contributed by atoms with Gasteiger partial charge in [0, 0.05) is 93.1 Å². The fourth-order valence-corrected chi connectivity index (χ4v) is 10.7. The fraction of sp³-hybridized carbons (Fsp3) is 0.284. The maximum absolute atomic E-state index is 14.1. The predicted octanol–water partition coefficient (Wildman–Crippen LogP) is 18.0. The molecule has 105 heavy (non-hydrogen) atoms. The molecule has 2 unspecified atom stereocenters. The zero-order valence-electron chi connectivity index (χ0n) is 60.0. The summed E-state index contributed by atoms with van der Waals surface area (Å²) in [6.45, 7) is 19.7. The molecule has 4 heterocycles. The van der Waals surface area contributed by atoms with E-state index in [9.17, 15) is 56.6 Å². The number of aromatic nitrogens is 4. The van der Waals surface area contributed by atoms with E-state index in [1.165, 1.54) is 24.5 Å². The summed E-state index contributed by atoms with van der Waals surface area (Å²) in [5, 5.41) is 22.1. The van der Waals surface area contributed by atoms with Crippen LogP contribution in [0.4, 0.5) is 32.3 Å². The lowest BCUT2D eigenvalue weighted by Crippen LogP contribution is -2.26. The van der Waals surface area contributed by atoms with E-state index in [1.54, 1.807) is 110 Å². The van der Waals surface area contributed by atoms with Crippen LogP contribution in [-0.2, 0) is 72.2 Å². The summed E-state index contributed by atoms with van der Waals surface area (Å²) in [4.78, 5) is 95.7. The molecule has 0 fully saturated rings. The molecule has 2 atom stereocenters. The number of nitrogens with zero attached hydrogens (tertiary/aromatic N) is 4. The lowest BCUT2D eigenvalue weighted by molar-refractivity contribution is -0.148. The van der Waals surface area contributed by atoms with Crippen LogP contribution in [0.3, 0.4) is 0 Å². The number of aliphatic hydroxyl groups is 1. The average Bonchev–Trinajstić information content (AvgIpc) is 1.60. The number of rotatable bonds is 16. The summed E-state index contributed by atoms with van der Waals surface area (Å²) in [6, 6.07) is 48.9. The van der Waals surface area contributed by atoms with E-state index >= 15 is 0 Å². The molecule has 2 N–H and O–H groups in total. The van der Waals surface area contributed by atoms with Crippen LogP contribution in [0.5, 0.6) is 0 Å². The molecule has 4 aromatic heterocycles. The van der Waals surface area contributed by atoms with E-state index in [-0.39, 0.29) is 56.6 Å². The Kier molecular flexibility index (Phi) is 26.2. The summed E-state index contributed by atoms with van der Waals surface area (Å²) < 4.78 is 84.1. The van der Waals surface area contributed by atoms with Gasteiger partial charge in [0.2, 0.25) is 0 Å². The highest BCUT2D eigenvalue weighted by atomic mass is 19.2. The van der Waals surface area contributed by atoms with Gasteiger partial charge in [0.25, 0.3) is 0 Å². The second kappa shape index (κ2) is 34.9. The van der Waals surface area contributed by atoms with Crippen LogP contribution in [0.1, 0.15) is 153 Å². The molecule has 0 spiro atoms. The summed E-state index contributed by atoms with van der Waals surface area (Å²) in [5.74, 6) is -5.95. The van der Waals surface area contributed by atoms with E-state index in [0.29, 0.717) is 46.1 Å². The summed E-state index contributed by atoms with van der Waals surface area (Å²) in [7, 11) is 0. The number of carbonyl (C=O) groups excluding carboxylic acids is 7. The number of aliphatic carboxylic acids is 1. The number of fused-ring (bicyclic) bond motifs is 4. The van der Waals surface area contributed by atoms with Gasteiger partial charge >= 0.3 is 48.3 Å². The van der Waals surface area contributed by atoms with Crippen molar-refractivity contribution >= 4 is 91.9 Å². The molecule has 0 bridgehead atoms. The number of carbonyl (C=O) groups is 8. The first-order chi connectivity index (χ1) is 49.7. The lowest BCUT2D eigenvalue weighted by atomic mass is 10.0. The minimum absolute atomic E-state index is 0.0469. The molecule has 550 valence electrons. The molecule has 0 saturated carbocycles. The SMILES string of the molecule is CC(C)(C)OC(=O)n1cc(C(O)c2cc(F)c(F)cc2F)c2ccccc21.CC(C)(C)OC(=O)n1cc(COC(=O)CCC(=O)O)c2ccccc21.CCC(=O)OC(c1ccccc1)c1cn(C(=O)OC(C)(C)C)c2ccccc12.CCC(=O)OCc1cn(C(=O)OCc2ccccc2)c2ccccc12. The Morgan fingerprint density at radius 3 is 1.24 bits per heavy atom. The first-order valence-corrected chi connectivity index (χ1v) is 33.6. The molecule has 24 heteroatoms. The van der Waals surface area contributed by atoms with Gasteiger partial charge in [0.15, 0.2) is 17.7 Å². The second-order valence-corrected chi connectivity index (χ2v) is 26.9. The molecule has 0 aliphatic carbocycles. The summed E-state index contributed by atoms with van der Waals surface area (Å²) >= 11 is 0. The zero-order chi connectivity index (χ0) is 76.5. The predicted molar refractivity (Wildman–Crippen MR) is 386 cm³/mol. The molecule has 0 saturated heterocycles. The Balaban J connectivity index is 0.000000177. The zero-order valence-corrected chi connectivity index (χ0v) is 60.0. The van der Waals surface area contributed by atoms with Crippen molar-refractivity contribution < 1.29 is 94.9 Å². The number of carboxylic acids is 1. The van der Waals surface area contributed by atoms with E-state index in [4.69, 9.17) is 38.3 Å². The van der Waals surface area contributed by atoms with Crippen molar-refractivity contribution in [3.63, 3.8) is 0 Å².